The van der Waals surface area contributed by atoms with Gasteiger partial charge >= 0.3 is 59.1 Å². The standard InChI is InChI=1S/C14H21N4O5P.2Na/c1-8-11(13(19)18-14(15)16)6-9-4-2-3-5-10(12(9)17-8)7-23-24(20,21)22;;/h6,10H,2-5,7H2,1H3,(H2,20,21,22)(H4,15,16,18,19);;/q;2*+1/p-2. The predicted octanol–water partition coefficient (Wildman–Crippen LogP) is -6.53. The molecule has 1 aromatic heterocycles. The number of pyridine rings is 1. The van der Waals surface area contributed by atoms with Crippen LogP contribution in [0, 0.1) is 6.92 Å². The Morgan fingerprint density at radius 2 is 2.04 bits per heavy atom. The molecule has 12 heteroatoms. The van der Waals surface area contributed by atoms with Crippen molar-refractivity contribution in [1.82, 2.24) is 4.98 Å². The maximum Gasteiger partial charge on any atom is 1.00 e. The van der Waals surface area contributed by atoms with Crippen LogP contribution < -0.4 is 80.4 Å². The summed E-state index contributed by atoms with van der Waals surface area (Å²) in [5.74, 6) is -1.23. The Morgan fingerprint density at radius 3 is 2.62 bits per heavy atom. The van der Waals surface area contributed by atoms with Crippen LogP contribution in [0.5, 0.6) is 0 Å². The molecule has 0 aliphatic heterocycles. The Kier molecular flexibility index (Phi) is 11.3. The minimum Gasteiger partial charge on any atom is -0.790 e. The number of hydrogen-bond donors (Lipinski definition) is 2. The topological polar surface area (TPSA) is 167 Å². The summed E-state index contributed by atoms with van der Waals surface area (Å²) >= 11 is 0. The van der Waals surface area contributed by atoms with Gasteiger partial charge in [-0.25, -0.2) is 0 Å². The average molecular weight is 400 g/mol. The van der Waals surface area contributed by atoms with Crippen molar-refractivity contribution in [2.75, 3.05) is 6.61 Å². The van der Waals surface area contributed by atoms with Crippen molar-refractivity contribution in [3.05, 3.63) is 28.6 Å². The molecule has 0 radical (unpaired) electrons. The summed E-state index contributed by atoms with van der Waals surface area (Å²) in [6, 6.07) is 1.68. The Labute approximate surface area is 196 Å². The maximum atomic E-state index is 12.1. The zero-order valence-corrected chi connectivity index (χ0v) is 20.1. The number of hydrogen-bond acceptors (Lipinski definition) is 6. The van der Waals surface area contributed by atoms with Gasteiger partial charge in [0.15, 0.2) is 5.96 Å². The molecule has 1 amide bonds. The number of rotatable bonds is 4. The van der Waals surface area contributed by atoms with E-state index < -0.39 is 13.7 Å². The third kappa shape index (κ3) is 7.67. The number of aromatic nitrogens is 1. The fraction of sp³-hybridized carbons (Fsp3) is 0.500. The second-order valence-electron chi connectivity index (χ2n) is 5.69. The molecule has 1 atom stereocenters. The smallest absolute Gasteiger partial charge is 0.790 e. The molecular formula is C14H19N4Na2O5P. The molecule has 26 heavy (non-hydrogen) atoms. The second-order valence-corrected chi connectivity index (χ2v) is 6.85. The van der Waals surface area contributed by atoms with Crippen LogP contribution in [0.25, 0.3) is 0 Å². The van der Waals surface area contributed by atoms with Crippen LogP contribution in [0.15, 0.2) is 11.1 Å². The van der Waals surface area contributed by atoms with Crippen molar-refractivity contribution in [3.63, 3.8) is 0 Å². The monoisotopic (exact) mass is 400 g/mol. The fourth-order valence-corrected chi connectivity index (χ4v) is 3.16. The van der Waals surface area contributed by atoms with Crippen molar-refractivity contribution in [1.29, 1.82) is 0 Å². The number of guanidine groups is 1. The van der Waals surface area contributed by atoms with E-state index in [0.717, 1.165) is 18.4 Å². The van der Waals surface area contributed by atoms with Crippen molar-refractivity contribution >= 4 is 19.7 Å². The third-order valence-corrected chi connectivity index (χ3v) is 4.32. The van der Waals surface area contributed by atoms with Crippen molar-refractivity contribution < 1.29 is 82.8 Å². The number of nitrogens with zero attached hydrogens (tertiary/aromatic N) is 2. The molecule has 1 aromatic rings. The van der Waals surface area contributed by atoms with E-state index in [4.69, 9.17) is 11.5 Å². The SMILES string of the molecule is Cc1nc2c(cc1C(=O)N=C(N)N)CCCCC2COP(=O)([O-])[O-].[Na+].[Na+]. The third-order valence-electron chi connectivity index (χ3n) is 3.86. The molecule has 0 saturated heterocycles. The summed E-state index contributed by atoms with van der Waals surface area (Å²) in [7, 11) is -5.04. The van der Waals surface area contributed by atoms with Gasteiger partial charge in [0.25, 0.3) is 5.91 Å². The van der Waals surface area contributed by atoms with Gasteiger partial charge < -0.3 is 30.3 Å². The maximum absolute atomic E-state index is 12.1. The van der Waals surface area contributed by atoms with E-state index >= 15 is 0 Å². The molecule has 0 spiro atoms. The van der Waals surface area contributed by atoms with Crippen LogP contribution in [0.1, 0.15) is 52.5 Å². The first-order chi connectivity index (χ1) is 11.2. The van der Waals surface area contributed by atoms with E-state index in [1.807, 2.05) is 0 Å². The molecule has 132 valence electrons. The molecule has 1 aliphatic carbocycles. The van der Waals surface area contributed by atoms with Crippen molar-refractivity contribution in [2.24, 2.45) is 16.5 Å². The van der Waals surface area contributed by atoms with Gasteiger partial charge in [0.2, 0.25) is 0 Å². The first-order valence-electron chi connectivity index (χ1n) is 7.48. The minimum absolute atomic E-state index is 0. The van der Waals surface area contributed by atoms with E-state index in [9.17, 15) is 19.1 Å². The first-order valence-corrected chi connectivity index (χ1v) is 8.94. The first kappa shape index (κ1) is 26.2. The molecular weight excluding hydrogens is 381 g/mol. The van der Waals surface area contributed by atoms with Crippen molar-refractivity contribution in [2.45, 2.75) is 38.5 Å². The Hall–Kier alpha value is 0.200. The van der Waals surface area contributed by atoms with Gasteiger partial charge in [-0.2, -0.15) is 4.99 Å². The summed E-state index contributed by atoms with van der Waals surface area (Å²) in [4.78, 5) is 41.5. The summed E-state index contributed by atoms with van der Waals surface area (Å²) in [6.45, 7) is 1.40. The normalized spacial score (nSPS) is 16.3. The van der Waals surface area contributed by atoms with Crippen LogP contribution in [0.4, 0.5) is 0 Å². The van der Waals surface area contributed by atoms with E-state index in [1.165, 1.54) is 0 Å². The number of nitrogens with two attached hydrogens (primary N) is 2. The number of phosphoric ester groups is 1. The molecule has 0 bridgehead atoms. The molecule has 0 fully saturated rings. The number of aliphatic imine (C=N–C) groups is 1. The molecule has 4 N–H and O–H groups in total. The summed E-state index contributed by atoms with van der Waals surface area (Å²) in [6.07, 6.45) is 3.04. The van der Waals surface area contributed by atoms with Gasteiger partial charge in [-0.3, -0.25) is 9.78 Å². The molecule has 1 unspecified atom stereocenters. The van der Waals surface area contributed by atoms with E-state index in [0.29, 0.717) is 29.8 Å². The number of amides is 1. The number of fused-ring (bicyclic) bond motifs is 1. The van der Waals surface area contributed by atoms with Crippen LogP contribution in [0.2, 0.25) is 0 Å². The van der Waals surface area contributed by atoms with E-state index in [2.05, 4.69) is 14.5 Å². The molecule has 0 aromatic carbocycles. The predicted molar refractivity (Wildman–Crippen MR) is 83.0 cm³/mol. The quantitative estimate of drug-likeness (QED) is 0.165. The summed E-state index contributed by atoms with van der Waals surface area (Å²) in [5.41, 5.74) is 12.7. The fourth-order valence-electron chi connectivity index (χ4n) is 2.80. The molecule has 2 rings (SSSR count). The zero-order valence-electron chi connectivity index (χ0n) is 15.2. The summed E-state index contributed by atoms with van der Waals surface area (Å²) < 4.78 is 15.2. The van der Waals surface area contributed by atoms with Crippen LogP contribution in [0.3, 0.4) is 0 Å². The van der Waals surface area contributed by atoms with Crippen LogP contribution >= 0.6 is 7.82 Å². The zero-order chi connectivity index (χ0) is 17.9. The molecule has 1 aliphatic rings. The number of carbonyl (C=O) groups excluding carboxylic acids is 1. The van der Waals surface area contributed by atoms with Gasteiger partial charge in [-0.15, -0.1) is 0 Å². The number of aryl methyl sites for hydroxylation is 2. The van der Waals surface area contributed by atoms with Crippen LogP contribution in [-0.4, -0.2) is 23.5 Å². The van der Waals surface area contributed by atoms with Crippen molar-refractivity contribution in [3.8, 4) is 0 Å². The Balaban J connectivity index is 0.00000312. The van der Waals surface area contributed by atoms with Crippen LogP contribution in [-0.2, 0) is 15.5 Å². The molecule has 1 heterocycles. The largest absolute Gasteiger partial charge is 1.00 e. The van der Waals surface area contributed by atoms with Gasteiger partial charge in [-0.1, -0.05) is 6.42 Å². The van der Waals surface area contributed by atoms with E-state index in [1.54, 1.807) is 13.0 Å². The average Bonchev–Trinajstić information content (AvgIpc) is 2.64. The molecule has 0 saturated carbocycles. The minimum atomic E-state index is -5.04. The molecule has 9 nitrogen and oxygen atoms in total. The van der Waals surface area contributed by atoms with Gasteiger partial charge in [0.1, 0.15) is 0 Å². The van der Waals surface area contributed by atoms with E-state index in [-0.39, 0.29) is 77.6 Å². The number of carbonyl (C=O) groups is 1. The van der Waals surface area contributed by atoms with Gasteiger partial charge in [0.05, 0.1) is 25.7 Å². The van der Waals surface area contributed by atoms with Gasteiger partial charge in [-0.05, 0) is 37.8 Å². The number of phosphoric acid groups is 1. The summed E-state index contributed by atoms with van der Waals surface area (Å²) in [5, 5.41) is 0. The second kappa shape index (κ2) is 11.3. The Morgan fingerprint density at radius 1 is 1.38 bits per heavy atom. The van der Waals surface area contributed by atoms with Gasteiger partial charge in [0, 0.05) is 11.6 Å². The Bertz CT molecular complexity index is 722.